The van der Waals surface area contributed by atoms with Crippen molar-refractivity contribution in [2.45, 2.75) is 23.1 Å². The van der Waals surface area contributed by atoms with E-state index in [-0.39, 0.29) is 18.2 Å². The molecule has 0 aliphatic rings. The molecule has 0 saturated carbocycles. The summed E-state index contributed by atoms with van der Waals surface area (Å²) in [6.07, 6.45) is 0.172. The van der Waals surface area contributed by atoms with Gasteiger partial charge in [0.15, 0.2) is 0 Å². The zero-order valence-corrected chi connectivity index (χ0v) is 18.7. The minimum atomic E-state index is -0.302. The normalized spacial score (nSPS) is 11.0. The summed E-state index contributed by atoms with van der Waals surface area (Å²) in [6, 6.07) is 22.5. The van der Waals surface area contributed by atoms with E-state index in [0.717, 1.165) is 42.8 Å². The van der Waals surface area contributed by atoms with Crippen molar-refractivity contribution in [1.29, 1.82) is 0 Å². The lowest BCUT2D eigenvalue weighted by Crippen LogP contribution is -2.06. The lowest BCUT2D eigenvalue weighted by Gasteiger charge is -2.16. The van der Waals surface area contributed by atoms with Gasteiger partial charge in [0.25, 0.3) is 0 Å². The van der Waals surface area contributed by atoms with E-state index in [9.17, 15) is 9.18 Å². The molecule has 0 aromatic heterocycles. The number of hydrogen-bond donors (Lipinski definition) is 0. The van der Waals surface area contributed by atoms with Crippen molar-refractivity contribution >= 4 is 40.1 Å². The molecule has 0 aliphatic carbocycles. The highest BCUT2D eigenvalue weighted by Gasteiger charge is 2.15. The largest absolute Gasteiger partial charge is 0.469 e. The van der Waals surface area contributed by atoms with Gasteiger partial charge in [-0.3, -0.25) is 4.79 Å². The van der Waals surface area contributed by atoms with E-state index in [0.29, 0.717) is 5.02 Å². The number of esters is 1. The lowest BCUT2D eigenvalue weighted by atomic mass is 9.89. The minimum absolute atomic E-state index is 0.172. The van der Waals surface area contributed by atoms with Gasteiger partial charge in [0.1, 0.15) is 5.82 Å². The maximum Gasteiger partial charge on any atom is 0.309 e. The van der Waals surface area contributed by atoms with Crippen LogP contribution in [0.1, 0.15) is 11.1 Å². The molecular formula is C26H20ClFO2S. The molecule has 0 saturated heterocycles. The van der Waals surface area contributed by atoms with E-state index in [4.69, 9.17) is 16.3 Å². The predicted molar refractivity (Wildman–Crippen MR) is 125 cm³/mol. The molecule has 0 fully saturated rings. The Hall–Kier alpha value is -2.82. The number of ether oxygens (including phenoxy) is 1. The monoisotopic (exact) mass is 450 g/mol. The zero-order valence-electron chi connectivity index (χ0n) is 17.1. The average molecular weight is 451 g/mol. The first-order chi connectivity index (χ1) is 14.9. The van der Waals surface area contributed by atoms with Crippen molar-refractivity contribution < 1.29 is 13.9 Å². The Morgan fingerprint density at radius 2 is 1.77 bits per heavy atom. The second-order valence-corrected chi connectivity index (χ2v) is 8.82. The van der Waals surface area contributed by atoms with Crippen molar-refractivity contribution in [2.24, 2.45) is 0 Å². The van der Waals surface area contributed by atoms with Crippen LogP contribution in [0.15, 0.2) is 82.6 Å². The molecule has 0 unspecified atom stereocenters. The molecule has 4 aromatic rings. The van der Waals surface area contributed by atoms with E-state index >= 15 is 0 Å². The molecular weight excluding hydrogens is 431 g/mol. The zero-order chi connectivity index (χ0) is 22.0. The van der Waals surface area contributed by atoms with Gasteiger partial charge >= 0.3 is 5.97 Å². The van der Waals surface area contributed by atoms with Gasteiger partial charge in [0.2, 0.25) is 0 Å². The Morgan fingerprint density at radius 1 is 1.00 bits per heavy atom. The highest BCUT2D eigenvalue weighted by molar-refractivity contribution is 7.99. The summed E-state index contributed by atoms with van der Waals surface area (Å²) in [6.45, 7) is 1.96. The molecule has 0 spiro atoms. The second-order valence-electron chi connectivity index (χ2n) is 7.24. The average Bonchev–Trinajstić information content (AvgIpc) is 2.75. The van der Waals surface area contributed by atoms with Crippen LogP contribution in [-0.2, 0) is 16.0 Å². The Kier molecular flexibility index (Phi) is 6.30. The van der Waals surface area contributed by atoms with Crippen LogP contribution in [0.4, 0.5) is 4.39 Å². The number of hydrogen-bond acceptors (Lipinski definition) is 3. The fourth-order valence-electron chi connectivity index (χ4n) is 3.67. The molecule has 2 nitrogen and oxygen atoms in total. The van der Waals surface area contributed by atoms with E-state index in [1.807, 2.05) is 61.5 Å². The summed E-state index contributed by atoms with van der Waals surface area (Å²) < 4.78 is 18.9. The van der Waals surface area contributed by atoms with Crippen molar-refractivity contribution in [3.8, 4) is 11.1 Å². The van der Waals surface area contributed by atoms with E-state index in [2.05, 4.69) is 0 Å². The van der Waals surface area contributed by atoms with Gasteiger partial charge in [-0.2, -0.15) is 0 Å². The Morgan fingerprint density at radius 3 is 2.48 bits per heavy atom. The molecule has 156 valence electrons. The van der Waals surface area contributed by atoms with Crippen molar-refractivity contribution in [2.75, 3.05) is 7.11 Å². The molecule has 31 heavy (non-hydrogen) atoms. The number of benzene rings is 4. The van der Waals surface area contributed by atoms with Crippen molar-refractivity contribution in [1.82, 2.24) is 0 Å². The van der Waals surface area contributed by atoms with Crippen LogP contribution in [0.25, 0.3) is 21.9 Å². The van der Waals surface area contributed by atoms with Gasteiger partial charge in [-0.25, -0.2) is 4.39 Å². The number of halogens is 2. The summed E-state index contributed by atoms with van der Waals surface area (Å²) in [7, 11) is 1.38. The van der Waals surface area contributed by atoms with E-state index in [1.54, 1.807) is 23.9 Å². The summed E-state index contributed by atoms with van der Waals surface area (Å²) >= 11 is 7.71. The van der Waals surface area contributed by atoms with Gasteiger partial charge < -0.3 is 4.74 Å². The maximum atomic E-state index is 14.1. The number of fused-ring (bicyclic) bond motifs is 1. The SMILES string of the molecule is COC(=O)Cc1cc2ccc(F)cc2c(-c2ccc(Sc3cccc(Cl)c3)cc2)c1C. The molecule has 0 radical (unpaired) electrons. The van der Waals surface area contributed by atoms with Crippen molar-refractivity contribution in [3.05, 3.63) is 94.8 Å². The first-order valence-corrected chi connectivity index (χ1v) is 11.0. The minimum Gasteiger partial charge on any atom is -0.469 e. The summed E-state index contributed by atoms with van der Waals surface area (Å²) in [5, 5.41) is 2.41. The summed E-state index contributed by atoms with van der Waals surface area (Å²) in [5.41, 5.74) is 3.71. The number of carbonyl (C=O) groups is 1. The number of methoxy groups -OCH3 is 1. The highest BCUT2D eigenvalue weighted by atomic mass is 35.5. The molecule has 0 bridgehead atoms. The van der Waals surface area contributed by atoms with Crippen LogP contribution >= 0.6 is 23.4 Å². The van der Waals surface area contributed by atoms with Gasteiger partial charge in [0, 0.05) is 14.8 Å². The summed E-state index contributed by atoms with van der Waals surface area (Å²) in [5.74, 6) is -0.592. The molecule has 0 aliphatic heterocycles. The van der Waals surface area contributed by atoms with Crippen LogP contribution in [0, 0.1) is 12.7 Å². The van der Waals surface area contributed by atoms with E-state index in [1.165, 1.54) is 13.2 Å². The van der Waals surface area contributed by atoms with Gasteiger partial charge in [0.05, 0.1) is 13.5 Å². The maximum absolute atomic E-state index is 14.1. The predicted octanol–water partition coefficient (Wildman–Crippen LogP) is 7.47. The number of carbonyl (C=O) groups excluding carboxylic acids is 1. The fraction of sp³-hybridized carbons (Fsp3) is 0.115. The highest BCUT2D eigenvalue weighted by Crippen LogP contribution is 2.37. The van der Waals surface area contributed by atoms with Gasteiger partial charge in [-0.05, 0) is 82.4 Å². The third-order valence-electron chi connectivity index (χ3n) is 5.21. The first kappa shape index (κ1) is 21.4. The van der Waals surface area contributed by atoms with Crippen molar-refractivity contribution in [3.63, 3.8) is 0 Å². The Balaban J connectivity index is 1.77. The molecule has 0 atom stereocenters. The molecule has 0 heterocycles. The van der Waals surface area contributed by atoms with E-state index < -0.39 is 0 Å². The quantitative estimate of drug-likeness (QED) is 0.295. The summed E-state index contributed by atoms with van der Waals surface area (Å²) in [4.78, 5) is 14.1. The van der Waals surface area contributed by atoms with Gasteiger partial charge in [-0.15, -0.1) is 0 Å². The van der Waals surface area contributed by atoms with Crippen LogP contribution in [-0.4, -0.2) is 13.1 Å². The Labute approximate surface area is 190 Å². The molecule has 4 rings (SSSR count). The number of rotatable bonds is 5. The Bertz CT molecular complexity index is 1270. The molecule has 0 amide bonds. The molecule has 5 heteroatoms. The molecule has 0 N–H and O–H groups in total. The van der Waals surface area contributed by atoms with Gasteiger partial charge in [-0.1, -0.05) is 53.7 Å². The third kappa shape index (κ3) is 4.76. The van der Waals surface area contributed by atoms with Crippen LogP contribution in [0.2, 0.25) is 5.02 Å². The molecule has 4 aromatic carbocycles. The standard InChI is InChI=1S/C26H20ClFO2S/c1-16-19(13-25(29)30-2)12-18-6-9-21(28)15-24(18)26(16)17-7-10-22(11-8-17)31-23-5-3-4-20(27)14-23/h3-12,14-15H,13H2,1-2H3. The van der Waals surface area contributed by atoms with Crippen LogP contribution < -0.4 is 0 Å². The van der Waals surface area contributed by atoms with Crippen LogP contribution in [0.3, 0.4) is 0 Å². The second kappa shape index (κ2) is 9.13. The smallest absolute Gasteiger partial charge is 0.309 e. The topological polar surface area (TPSA) is 26.3 Å². The first-order valence-electron chi connectivity index (χ1n) is 9.77. The third-order valence-corrected chi connectivity index (χ3v) is 6.44. The van der Waals surface area contributed by atoms with Crippen LogP contribution in [0.5, 0.6) is 0 Å². The fourth-order valence-corrected chi connectivity index (χ4v) is 4.80. The lowest BCUT2D eigenvalue weighted by molar-refractivity contribution is -0.139.